The van der Waals surface area contributed by atoms with Crippen LogP contribution in [0.15, 0.2) is 53.6 Å². The quantitative estimate of drug-likeness (QED) is 0.744. The first kappa shape index (κ1) is 16.7. The van der Waals surface area contributed by atoms with Gasteiger partial charge < -0.3 is 9.47 Å². The summed E-state index contributed by atoms with van der Waals surface area (Å²) in [5.41, 5.74) is 3.31. The maximum atomic E-state index is 6.61. The molecule has 5 rings (SSSR count). The molecule has 27 heavy (non-hydrogen) atoms. The molecule has 0 radical (unpaired) electrons. The number of benzene rings is 2. The van der Waals surface area contributed by atoms with E-state index in [-0.39, 0.29) is 11.8 Å². The summed E-state index contributed by atoms with van der Waals surface area (Å²) in [4.78, 5) is 0. The van der Waals surface area contributed by atoms with Crippen LogP contribution in [0.2, 0.25) is 0 Å². The van der Waals surface area contributed by atoms with E-state index < -0.39 is 0 Å². The Morgan fingerprint density at radius 2 is 1.85 bits per heavy atom. The highest BCUT2D eigenvalue weighted by Crippen LogP contribution is 2.51. The minimum absolute atomic E-state index is 0.273. The van der Waals surface area contributed by atoms with Crippen molar-refractivity contribution in [1.29, 1.82) is 0 Å². The van der Waals surface area contributed by atoms with Crippen LogP contribution in [0.4, 0.5) is 0 Å². The molecule has 3 aliphatic rings. The number of nitrogens with zero attached hydrogens (tertiary/aromatic N) is 2. The summed E-state index contributed by atoms with van der Waals surface area (Å²) in [5, 5.41) is 7.41. The summed E-state index contributed by atoms with van der Waals surface area (Å²) >= 11 is 0. The monoisotopic (exact) mass is 362 g/mol. The van der Waals surface area contributed by atoms with Crippen molar-refractivity contribution in [2.75, 3.05) is 6.61 Å². The van der Waals surface area contributed by atoms with Crippen LogP contribution < -0.4 is 9.47 Å². The van der Waals surface area contributed by atoms with Gasteiger partial charge >= 0.3 is 0 Å². The molecule has 1 spiro atoms. The average molecular weight is 362 g/mol. The van der Waals surface area contributed by atoms with E-state index in [0.717, 1.165) is 36.5 Å². The third-order valence-electron chi connectivity index (χ3n) is 6.04. The second kappa shape index (κ2) is 6.59. The molecule has 1 saturated carbocycles. The molecule has 0 bridgehead atoms. The van der Waals surface area contributed by atoms with Crippen LogP contribution in [-0.2, 0) is 0 Å². The Morgan fingerprint density at radius 3 is 2.63 bits per heavy atom. The molecule has 0 amide bonds. The van der Waals surface area contributed by atoms with E-state index in [2.05, 4.69) is 41.4 Å². The fourth-order valence-corrected chi connectivity index (χ4v) is 4.75. The molecule has 1 atom stereocenters. The molecule has 2 aromatic rings. The molecule has 0 saturated heterocycles. The smallest absolute Gasteiger partial charge is 0.198 e. The molecule has 2 aromatic carbocycles. The summed E-state index contributed by atoms with van der Waals surface area (Å²) in [6, 6.07) is 17.1. The van der Waals surface area contributed by atoms with E-state index in [1.807, 2.05) is 19.1 Å². The SMILES string of the molecule is CCOc1ccc(C2=NN3C(C2)c2ccccc2OC32CCCCC2)cc1. The minimum atomic E-state index is -0.274. The molecule has 140 valence electrons. The van der Waals surface area contributed by atoms with Crippen LogP contribution in [0.25, 0.3) is 0 Å². The Morgan fingerprint density at radius 1 is 1.07 bits per heavy atom. The van der Waals surface area contributed by atoms with Gasteiger partial charge in [-0.15, -0.1) is 0 Å². The van der Waals surface area contributed by atoms with Crippen molar-refractivity contribution in [3.63, 3.8) is 0 Å². The number of rotatable bonds is 3. The largest absolute Gasteiger partial charge is 0.494 e. The average Bonchev–Trinajstić information content (AvgIpc) is 3.17. The lowest BCUT2D eigenvalue weighted by Crippen LogP contribution is -2.54. The second-order valence-electron chi connectivity index (χ2n) is 7.72. The highest BCUT2D eigenvalue weighted by atomic mass is 16.5. The molecule has 4 nitrogen and oxygen atoms in total. The third-order valence-corrected chi connectivity index (χ3v) is 6.04. The fraction of sp³-hybridized carbons (Fsp3) is 0.435. The molecule has 2 heterocycles. The number of hydrazone groups is 1. The van der Waals surface area contributed by atoms with E-state index in [4.69, 9.17) is 14.6 Å². The van der Waals surface area contributed by atoms with Gasteiger partial charge in [0.05, 0.1) is 18.4 Å². The first-order valence-corrected chi connectivity index (χ1v) is 10.2. The van der Waals surface area contributed by atoms with Crippen molar-refractivity contribution in [3.05, 3.63) is 59.7 Å². The zero-order valence-corrected chi connectivity index (χ0v) is 15.9. The number of para-hydroxylation sites is 1. The van der Waals surface area contributed by atoms with Gasteiger partial charge in [0.15, 0.2) is 5.72 Å². The lowest BCUT2D eigenvalue weighted by Gasteiger charge is -2.49. The summed E-state index contributed by atoms with van der Waals surface area (Å²) in [6.07, 6.45) is 6.74. The summed E-state index contributed by atoms with van der Waals surface area (Å²) in [7, 11) is 0. The Kier molecular flexibility index (Phi) is 4.07. The van der Waals surface area contributed by atoms with Gasteiger partial charge in [-0.3, -0.25) is 0 Å². The molecule has 1 fully saturated rings. The molecule has 1 aliphatic carbocycles. The summed E-state index contributed by atoms with van der Waals surface area (Å²) in [6.45, 7) is 2.70. The van der Waals surface area contributed by atoms with E-state index in [9.17, 15) is 0 Å². The number of fused-ring (bicyclic) bond motifs is 4. The fourth-order valence-electron chi connectivity index (χ4n) is 4.75. The van der Waals surface area contributed by atoms with Gasteiger partial charge in [0, 0.05) is 24.8 Å². The molecule has 4 heteroatoms. The predicted octanol–water partition coefficient (Wildman–Crippen LogP) is 5.29. The van der Waals surface area contributed by atoms with Gasteiger partial charge in [0.1, 0.15) is 11.5 Å². The van der Waals surface area contributed by atoms with E-state index in [1.165, 1.54) is 30.4 Å². The van der Waals surface area contributed by atoms with E-state index >= 15 is 0 Å². The van der Waals surface area contributed by atoms with Crippen LogP contribution >= 0.6 is 0 Å². The lowest BCUT2D eigenvalue weighted by atomic mass is 9.86. The van der Waals surface area contributed by atoms with E-state index in [1.54, 1.807) is 0 Å². The van der Waals surface area contributed by atoms with Gasteiger partial charge in [0.2, 0.25) is 0 Å². The van der Waals surface area contributed by atoms with Crippen molar-refractivity contribution in [2.24, 2.45) is 5.10 Å². The third kappa shape index (κ3) is 2.78. The number of ether oxygens (including phenoxy) is 2. The summed E-state index contributed by atoms with van der Waals surface area (Å²) in [5.74, 6) is 1.96. The summed E-state index contributed by atoms with van der Waals surface area (Å²) < 4.78 is 12.2. The van der Waals surface area contributed by atoms with Crippen molar-refractivity contribution < 1.29 is 9.47 Å². The predicted molar refractivity (Wildman–Crippen MR) is 106 cm³/mol. The van der Waals surface area contributed by atoms with Crippen molar-refractivity contribution >= 4 is 5.71 Å². The molecule has 1 unspecified atom stereocenters. The normalized spacial score (nSPS) is 22.6. The zero-order chi connectivity index (χ0) is 18.3. The van der Waals surface area contributed by atoms with Crippen LogP contribution in [0.1, 0.15) is 62.6 Å². The maximum absolute atomic E-state index is 6.61. The van der Waals surface area contributed by atoms with Gasteiger partial charge in [-0.2, -0.15) is 5.10 Å². The number of hydrogen-bond donors (Lipinski definition) is 0. The molecule has 0 aromatic heterocycles. The topological polar surface area (TPSA) is 34.1 Å². The second-order valence-corrected chi connectivity index (χ2v) is 7.72. The Hall–Kier alpha value is -2.49. The first-order valence-electron chi connectivity index (χ1n) is 10.2. The van der Waals surface area contributed by atoms with Crippen molar-refractivity contribution in [3.8, 4) is 11.5 Å². The van der Waals surface area contributed by atoms with E-state index in [0.29, 0.717) is 6.61 Å². The van der Waals surface area contributed by atoms with Gasteiger partial charge in [-0.1, -0.05) is 24.6 Å². The van der Waals surface area contributed by atoms with Gasteiger partial charge in [-0.25, -0.2) is 5.01 Å². The van der Waals surface area contributed by atoms with Gasteiger partial charge in [0.25, 0.3) is 0 Å². The van der Waals surface area contributed by atoms with Crippen molar-refractivity contribution in [1.82, 2.24) is 5.01 Å². The molecule has 2 aliphatic heterocycles. The minimum Gasteiger partial charge on any atom is -0.494 e. The maximum Gasteiger partial charge on any atom is 0.198 e. The van der Waals surface area contributed by atoms with Crippen LogP contribution in [0, 0.1) is 0 Å². The molecular formula is C23H26N2O2. The Balaban J connectivity index is 1.52. The van der Waals surface area contributed by atoms with Crippen LogP contribution in [0.3, 0.4) is 0 Å². The van der Waals surface area contributed by atoms with Crippen LogP contribution in [-0.4, -0.2) is 23.1 Å². The highest BCUT2D eigenvalue weighted by molar-refractivity contribution is 6.02. The molecular weight excluding hydrogens is 336 g/mol. The van der Waals surface area contributed by atoms with Crippen molar-refractivity contribution in [2.45, 2.75) is 57.2 Å². The molecule has 0 N–H and O–H groups in total. The Bertz CT molecular complexity index is 853. The lowest BCUT2D eigenvalue weighted by molar-refractivity contribution is -0.140. The standard InChI is InChI=1S/C23H26N2O2/c1-2-26-18-12-10-17(11-13-18)20-16-21-19-8-4-5-9-22(19)27-23(25(21)24-20)14-6-3-7-15-23/h4-5,8-13,21H,2-3,6-7,14-16H2,1H3. The van der Waals surface area contributed by atoms with Crippen LogP contribution in [0.5, 0.6) is 11.5 Å². The Labute approximate surface area is 160 Å². The first-order chi connectivity index (χ1) is 13.3. The number of hydrogen-bond acceptors (Lipinski definition) is 4. The highest BCUT2D eigenvalue weighted by Gasteiger charge is 2.50. The zero-order valence-electron chi connectivity index (χ0n) is 15.9. The van der Waals surface area contributed by atoms with Gasteiger partial charge in [-0.05, 0) is 55.7 Å².